The Kier molecular flexibility index (Phi) is 4.27. The number of aryl methyl sites for hydroxylation is 1. The minimum absolute atomic E-state index is 0.271. The summed E-state index contributed by atoms with van der Waals surface area (Å²) in [6.07, 6.45) is 7.06. The summed E-state index contributed by atoms with van der Waals surface area (Å²) in [6.45, 7) is 5.22. The SMILES string of the molecule is COC1(c2nc(C)cc(CNC3CC3)n2)CCC(C)CC1. The Hall–Kier alpha value is -1.00. The fourth-order valence-electron chi connectivity index (χ4n) is 3.21. The first kappa shape index (κ1) is 14.9. The second kappa shape index (κ2) is 6.01. The Balaban J connectivity index is 1.81. The number of rotatable bonds is 5. The van der Waals surface area contributed by atoms with Crippen LogP contribution in [-0.4, -0.2) is 23.1 Å². The second-order valence-electron chi connectivity index (χ2n) is 6.86. The predicted molar refractivity (Wildman–Crippen MR) is 82.9 cm³/mol. The molecule has 116 valence electrons. The van der Waals surface area contributed by atoms with Crippen LogP contribution in [0.2, 0.25) is 0 Å². The molecule has 0 aromatic carbocycles. The molecule has 0 aliphatic heterocycles. The molecule has 1 heterocycles. The van der Waals surface area contributed by atoms with Gasteiger partial charge in [-0.3, -0.25) is 0 Å². The van der Waals surface area contributed by atoms with Gasteiger partial charge in [0.1, 0.15) is 5.60 Å². The molecule has 1 aromatic rings. The Bertz CT molecular complexity index is 491. The molecule has 2 aliphatic rings. The number of hydrogen-bond donors (Lipinski definition) is 1. The smallest absolute Gasteiger partial charge is 0.160 e. The van der Waals surface area contributed by atoms with Gasteiger partial charge in [-0.25, -0.2) is 9.97 Å². The van der Waals surface area contributed by atoms with Crippen LogP contribution < -0.4 is 5.32 Å². The molecule has 0 atom stereocenters. The maximum atomic E-state index is 5.92. The van der Waals surface area contributed by atoms with Gasteiger partial charge in [0.25, 0.3) is 0 Å². The van der Waals surface area contributed by atoms with Crippen molar-refractivity contribution in [2.45, 2.75) is 70.6 Å². The van der Waals surface area contributed by atoms with E-state index in [0.717, 1.165) is 42.5 Å². The maximum absolute atomic E-state index is 5.92. The lowest BCUT2D eigenvalue weighted by Gasteiger charge is -2.37. The molecule has 4 heteroatoms. The first-order valence-electron chi connectivity index (χ1n) is 8.25. The van der Waals surface area contributed by atoms with Crippen LogP contribution in [0.3, 0.4) is 0 Å². The molecule has 0 bridgehead atoms. The summed E-state index contributed by atoms with van der Waals surface area (Å²) in [5, 5.41) is 3.54. The fraction of sp³-hybridized carbons (Fsp3) is 0.765. The van der Waals surface area contributed by atoms with Gasteiger partial charge < -0.3 is 10.1 Å². The summed E-state index contributed by atoms with van der Waals surface area (Å²) in [7, 11) is 1.81. The van der Waals surface area contributed by atoms with Gasteiger partial charge in [0.2, 0.25) is 0 Å². The molecule has 1 aromatic heterocycles. The zero-order valence-electron chi connectivity index (χ0n) is 13.5. The van der Waals surface area contributed by atoms with E-state index in [1.165, 1.54) is 25.7 Å². The maximum Gasteiger partial charge on any atom is 0.160 e. The van der Waals surface area contributed by atoms with Crippen LogP contribution in [0.4, 0.5) is 0 Å². The molecular formula is C17H27N3O. The van der Waals surface area contributed by atoms with Gasteiger partial charge in [-0.15, -0.1) is 0 Å². The first-order chi connectivity index (χ1) is 10.1. The summed E-state index contributed by atoms with van der Waals surface area (Å²) in [6, 6.07) is 2.80. The molecule has 21 heavy (non-hydrogen) atoms. The number of nitrogens with zero attached hydrogens (tertiary/aromatic N) is 2. The number of methoxy groups -OCH3 is 1. The van der Waals surface area contributed by atoms with Gasteiger partial charge in [-0.2, -0.15) is 0 Å². The summed E-state index contributed by atoms with van der Waals surface area (Å²) in [5.41, 5.74) is 1.87. The van der Waals surface area contributed by atoms with Crippen LogP contribution in [0.15, 0.2) is 6.07 Å². The Morgan fingerprint density at radius 1 is 1.24 bits per heavy atom. The van der Waals surface area contributed by atoms with Gasteiger partial charge in [0.15, 0.2) is 5.82 Å². The lowest BCUT2D eigenvalue weighted by molar-refractivity contribution is -0.0600. The van der Waals surface area contributed by atoms with Crippen molar-refractivity contribution >= 4 is 0 Å². The molecule has 0 spiro atoms. The highest BCUT2D eigenvalue weighted by molar-refractivity contribution is 5.15. The van der Waals surface area contributed by atoms with Crippen LogP contribution in [-0.2, 0) is 16.9 Å². The summed E-state index contributed by atoms with van der Waals surface area (Å²) < 4.78 is 5.92. The van der Waals surface area contributed by atoms with E-state index in [1.54, 1.807) is 0 Å². The minimum Gasteiger partial charge on any atom is -0.370 e. The van der Waals surface area contributed by atoms with Crippen molar-refractivity contribution < 1.29 is 4.74 Å². The molecule has 0 radical (unpaired) electrons. The third-order valence-electron chi connectivity index (χ3n) is 4.94. The van der Waals surface area contributed by atoms with E-state index in [0.29, 0.717) is 6.04 Å². The van der Waals surface area contributed by atoms with E-state index in [-0.39, 0.29) is 5.60 Å². The van der Waals surface area contributed by atoms with Crippen LogP contribution in [0.5, 0.6) is 0 Å². The van der Waals surface area contributed by atoms with Crippen molar-refractivity contribution in [1.82, 2.24) is 15.3 Å². The minimum atomic E-state index is -0.271. The van der Waals surface area contributed by atoms with E-state index >= 15 is 0 Å². The van der Waals surface area contributed by atoms with Crippen molar-refractivity contribution in [3.63, 3.8) is 0 Å². The van der Waals surface area contributed by atoms with Gasteiger partial charge in [-0.05, 0) is 57.4 Å². The van der Waals surface area contributed by atoms with Crippen LogP contribution in [0.25, 0.3) is 0 Å². The first-order valence-corrected chi connectivity index (χ1v) is 8.25. The molecule has 0 unspecified atom stereocenters. The van der Waals surface area contributed by atoms with Crippen molar-refractivity contribution in [2.75, 3.05) is 7.11 Å². The van der Waals surface area contributed by atoms with Crippen LogP contribution in [0, 0.1) is 12.8 Å². The molecule has 0 amide bonds. The van der Waals surface area contributed by atoms with E-state index < -0.39 is 0 Å². The monoisotopic (exact) mass is 289 g/mol. The Labute approximate surface area is 127 Å². The van der Waals surface area contributed by atoms with Gasteiger partial charge >= 0.3 is 0 Å². The largest absolute Gasteiger partial charge is 0.370 e. The lowest BCUT2D eigenvalue weighted by Crippen LogP contribution is -2.35. The van der Waals surface area contributed by atoms with Gasteiger partial charge in [-0.1, -0.05) is 6.92 Å². The highest BCUT2D eigenvalue weighted by atomic mass is 16.5. The third kappa shape index (κ3) is 3.43. The number of hydrogen-bond acceptors (Lipinski definition) is 4. The highest BCUT2D eigenvalue weighted by Crippen LogP contribution is 2.40. The summed E-state index contributed by atoms with van der Waals surface area (Å²) in [4.78, 5) is 9.53. The normalized spacial score (nSPS) is 29.6. The lowest BCUT2D eigenvalue weighted by atomic mass is 9.79. The average Bonchev–Trinajstić information content (AvgIpc) is 3.30. The molecule has 2 saturated carbocycles. The van der Waals surface area contributed by atoms with Crippen LogP contribution >= 0.6 is 0 Å². The standard InChI is InChI=1S/C17H27N3O/c1-12-6-8-17(21-3,9-7-12)16-19-13(2)10-15(20-16)11-18-14-4-5-14/h10,12,14,18H,4-9,11H2,1-3H3. The van der Waals surface area contributed by atoms with Crippen molar-refractivity contribution in [3.05, 3.63) is 23.3 Å². The van der Waals surface area contributed by atoms with Crippen molar-refractivity contribution in [3.8, 4) is 0 Å². The van der Waals surface area contributed by atoms with E-state index in [9.17, 15) is 0 Å². The van der Waals surface area contributed by atoms with Crippen molar-refractivity contribution in [2.24, 2.45) is 5.92 Å². The second-order valence-corrected chi connectivity index (χ2v) is 6.86. The van der Waals surface area contributed by atoms with Crippen LogP contribution in [0.1, 0.15) is 62.7 Å². The summed E-state index contributed by atoms with van der Waals surface area (Å²) >= 11 is 0. The number of ether oxygens (including phenoxy) is 1. The highest BCUT2D eigenvalue weighted by Gasteiger charge is 2.38. The zero-order chi connectivity index (χ0) is 14.9. The quantitative estimate of drug-likeness (QED) is 0.905. The molecule has 2 aliphatic carbocycles. The number of aromatic nitrogens is 2. The zero-order valence-corrected chi connectivity index (χ0v) is 13.5. The van der Waals surface area contributed by atoms with Crippen molar-refractivity contribution in [1.29, 1.82) is 0 Å². The fourth-order valence-corrected chi connectivity index (χ4v) is 3.21. The Morgan fingerprint density at radius 2 is 1.95 bits per heavy atom. The molecular weight excluding hydrogens is 262 g/mol. The number of nitrogens with one attached hydrogen (secondary N) is 1. The van der Waals surface area contributed by atoms with E-state index in [4.69, 9.17) is 14.7 Å². The Morgan fingerprint density at radius 3 is 2.57 bits per heavy atom. The predicted octanol–water partition coefficient (Wildman–Crippen LogP) is 3.09. The summed E-state index contributed by atoms with van der Waals surface area (Å²) in [5.74, 6) is 1.68. The van der Waals surface area contributed by atoms with Gasteiger partial charge in [0.05, 0.1) is 5.69 Å². The molecule has 1 N–H and O–H groups in total. The average molecular weight is 289 g/mol. The third-order valence-corrected chi connectivity index (χ3v) is 4.94. The van der Waals surface area contributed by atoms with E-state index in [1.807, 2.05) is 7.11 Å². The topological polar surface area (TPSA) is 47.0 Å². The molecule has 0 saturated heterocycles. The van der Waals surface area contributed by atoms with E-state index in [2.05, 4.69) is 25.2 Å². The van der Waals surface area contributed by atoms with Gasteiger partial charge in [0, 0.05) is 25.4 Å². The molecule has 4 nitrogen and oxygen atoms in total. The molecule has 3 rings (SSSR count). The molecule has 2 fully saturated rings.